The molecular formula is C25H29N7O2. The second kappa shape index (κ2) is 8.66. The van der Waals surface area contributed by atoms with Gasteiger partial charge >= 0.3 is 0 Å². The van der Waals surface area contributed by atoms with Gasteiger partial charge < -0.3 is 20.1 Å². The van der Waals surface area contributed by atoms with Crippen LogP contribution in [0.5, 0.6) is 5.75 Å². The smallest absolute Gasteiger partial charge is 0.176 e. The van der Waals surface area contributed by atoms with E-state index in [0.29, 0.717) is 28.0 Å². The van der Waals surface area contributed by atoms with Crippen molar-refractivity contribution in [2.24, 2.45) is 11.1 Å². The Morgan fingerprint density at radius 2 is 2.03 bits per heavy atom. The van der Waals surface area contributed by atoms with Gasteiger partial charge in [0.15, 0.2) is 6.23 Å². The van der Waals surface area contributed by atoms with Crippen LogP contribution in [-0.2, 0) is 4.74 Å². The molecular weight excluding hydrogens is 430 g/mol. The molecule has 2 saturated heterocycles. The number of pyridine rings is 1. The van der Waals surface area contributed by atoms with Crippen LogP contribution < -0.4 is 21.1 Å². The summed E-state index contributed by atoms with van der Waals surface area (Å²) in [6.07, 6.45) is 3.78. The molecule has 3 aromatic rings. The van der Waals surface area contributed by atoms with Crippen molar-refractivity contribution in [3.05, 3.63) is 70.7 Å². The summed E-state index contributed by atoms with van der Waals surface area (Å²) in [5.74, 6) is 1.44. The van der Waals surface area contributed by atoms with Crippen LogP contribution >= 0.6 is 0 Å². The van der Waals surface area contributed by atoms with Crippen molar-refractivity contribution in [3.8, 4) is 5.75 Å². The lowest BCUT2D eigenvalue weighted by Crippen LogP contribution is -2.57. The summed E-state index contributed by atoms with van der Waals surface area (Å²) in [5, 5.41) is 16.7. The van der Waals surface area contributed by atoms with E-state index >= 15 is 0 Å². The normalized spacial score (nSPS) is 17.4. The summed E-state index contributed by atoms with van der Waals surface area (Å²) >= 11 is 0. The Morgan fingerprint density at radius 1 is 1.21 bits per heavy atom. The van der Waals surface area contributed by atoms with E-state index in [0.717, 1.165) is 55.4 Å². The molecule has 2 aliphatic heterocycles. The molecule has 0 aliphatic carbocycles. The zero-order chi connectivity index (χ0) is 23.9. The highest BCUT2D eigenvalue weighted by Gasteiger charge is 2.46. The minimum Gasteiger partial charge on any atom is -0.471 e. The Labute approximate surface area is 198 Å². The highest BCUT2D eigenvalue weighted by molar-refractivity contribution is 6.13. The van der Waals surface area contributed by atoms with Gasteiger partial charge in [-0.25, -0.2) is 4.98 Å². The molecule has 1 spiro atoms. The largest absolute Gasteiger partial charge is 0.471 e. The Morgan fingerprint density at radius 3 is 2.71 bits per heavy atom. The number of ether oxygens (including phenoxy) is 2. The average molecular weight is 460 g/mol. The summed E-state index contributed by atoms with van der Waals surface area (Å²) in [6, 6.07) is 9.08. The summed E-state index contributed by atoms with van der Waals surface area (Å²) < 4.78 is 11.5. The molecule has 9 nitrogen and oxygen atoms in total. The maximum absolute atomic E-state index is 8.74. The van der Waals surface area contributed by atoms with Crippen LogP contribution in [0, 0.1) is 24.7 Å². The van der Waals surface area contributed by atoms with Gasteiger partial charge in [0.1, 0.15) is 11.6 Å². The Balaban J connectivity index is 1.31. The fourth-order valence-corrected chi connectivity index (χ4v) is 4.77. The molecule has 34 heavy (non-hydrogen) atoms. The number of benzene rings is 1. The van der Waals surface area contributed by atoms with E-state index in [2.05, 4.69) is 20.1 Å². The highest BCUT2D eigenvalue weighted by Crippen LogP contribution is 2.40. The number of nitrogen functional groups attached to an aromatic ring is 1. The number of nitrogens with one attached hydrogen (secondary N) is 1. The van der Waals surface area contributed by atoms with Crippen LogP contribution in [0.2, 0.25) is 0 Å². The van der Waals surface area contributed by atoms with E-state index in [4.69, 9.17) is 26.4 Å². The van der Waals surface area contributed by atoms with Gasteiger partial charge in [0.25, 0.3) is 0 Å². The van der Waals surface area contributed by atoms with Gasteiger partial charge in [0.2, 0.25) is 0 Å². The van der Waals surface area contributed by atoms with Gasteiger partial charge in [0, 0.05) is 53.7 Å². The molecule has 2 aliphatic rings. The van der Waals surface area contributed by atoms with Crippen molar-refractivity contribution in [1.82, 2.24) is 15.2 Å². The third-order valence-corrected chi connectivity index (χ3v) is 6.71. The molecule has 0 bridgehead atoms. The molecule has 2 aromatic heterocycles. The van der Waals surface area contributed by atoms with E-state index in [1.54, 1.807) is 30.6 Å². The lowest BCUT2D eigenvalue weighted by atomic mass is 9.79. The van der Waals surface area contributed by atoms with Gasteiger partial charge in [-0.05, 0) is 56.2 Å². The van der Waals surface area contributed by atoms with Crippen LogP contribution in [0.1, 0.15) is 40.6 Å². The fraction of sp³-hybridized carbons (Fsp3) is 0.360. The number of aryl methyl sites for hydroxylation is 2. The van der Waals surface area contributed by atoms with E-state index < -0.39 is 6.23 Å². The second-order valence-corrected chi connectivity index (χ2v) is 9.25. The van der Waals surface area contributed by atoms with Crippen molar-refractivity contribution in [2.45, 2.75) is 26.5 Å². The monoisotopic (exact) mass is 459 g/mol. The van der Waals surface area contributed by atoms with E-state index in [9.17, 15) is 0 Å². The lowest BCUT2D eigenvalue weighted by Gasteiger charge is -2.47. The zero-order valence-corrected chi connectivity index (χ0v) is 19.4. The van der Waals surface area contributed by atoms with Crippen molar-refractivity contribution >= 4 is 17.2 Å². The molecule has 0 saturated carbocycles. The molecule has 4 heterocycles. The molecule has 1 atom stereocenters. The molecule has 176 valence electrons. The Bertz CT molecular complexity index is 1190. The Kier molecular flexibility index (Phi) is 5.66. The number of aromatic nitrogens is 3. The van der Waals surface area contributed by atoms with Crippen LogP contribution in [0.3, 0.4) is 0 Å². The van der Waals surface area contributed by atoms with Gasteiger partial charge in [-0.2, -0.15) is 10.2 Å². The topological polar surface area (TPSA) is 136 Å². The predicted molar refractivity (Wildman–Crippen MR) is 130 cm³/mol. The minimum absolute atomic E-state index is 0.276. The van der Waals surface area contributed by atoms with Crippen LogP contribution in [-0.4, -0.2) is 47.2 Å². The summed E-state index contributed by atoms with van der Waals surface area (Å²) in [6.45, 7) is 7.39. The molecule has 5 N–H and O–H groups in total. The molecule has 0 unspecified atom stereocenters. The third-order valence-electron chi connectivity index (χ3n) is 6.71. The summed E-state index contributed by atoms with van der Waals surface area (Å²) in [5.41, 5.74) is 17.2. The van der Waals surface area contributed by atoms with Gasteiger partial charge in [0.05, 0.1) is 24.2 Å². The SMILES string of the molecule is Cc1cnnc(C)c1[C@@H](N)Oc1ccc(N)c(C(=N)c2ccc(N3CC4(CCOC4)C3)nc2)c1. The number of hydrogen-bond donors (Lipinski definition) is 3. The number of anilines is 2. The van der Waals surface area contributed by atoms with Gasteiger partial charge in [-0.3, -0.25) is 11.1 Å². The quantitative estimate of drug-likeness (QED) is 0.291. The van der Waals surface area contributed by atoms with Crippen LogP contribution in [0.25, 0.3) is 0 Å². The van der Waals surface area contributed by atoms with Crippen LogP contribution in [0.4, 0.5) is 11.5 Å². The minimum atomic E-state index is -0.716. The number of hydrogen-bond acceptors (Lipinski definition) is 9. The van der Waals surface area contributed by atoms with E-state index in [1.807, 2.05) is 26.0 Å². The van der Waals surface area contributed by atoms with Crippen molar-refractivity contribution < 1.29 is 9.47 Å². The highest BCUT2D eigenvalue weighted by atomic mass is 16.5. The molecule has 0 amide bonds. The standard InChI is InChI=1S/C25H29N7O2/c1-15-10-30-31-16(2)22(15)24(28)34-18-4-5-20(26)19(9-18)23(27)17-3-6-21(29-11-17)32-12-25(13-32)7-8-33-14-25/h3-6,9-11,24,27H,7-8,12-14,26,28H2,1-2H3/t24-/m0/s1. The van der Waals surface area contributed by atoms with E-state index in [-0.39, 0.29) is 5.71 Å². The lowest BCUT2D eigenvalue weighted by molar-refractivity contribution is 0.131. The fourth-order valence-electron chi connectivity index (χ4n) is 4.77. The number of nitrogens with zero attached hydrogens (tertiary/aromatic N) is 4. The Hall–Kier alpha value is -3.56. The molecule has 5 rings (SSSR count). The third kappa shape index (κ3) is 4.08. The average Bonchev–Trinajstić information content (AvgIpc) is 3.29. The second-order valence-electron chi connectivity index (χ2n) is 9.25. The van der Waals surface area contributed by atoms with Crippen molar-refractivity contribution in [1.29, 1.82) is 5.41 Å². The maximum atomic E-state index is 8.74. The first-order valence-corrected chi connectivity index (χ1v) is 11.3. The van der Waals surface area contributed by atoms with Gasteiger partial charge in [-0.1, -0.05) is 0 Å². The maximum Gasteiger partial charge on any atom is 0.176 e. The molecule has 2 fully saturated rings. The molecule has 0 radical (unpaired) electrons. The number of nitrogens with two attached hydrogens (primary N) is 2. The number of rotatable bonds is 6. The summed E-state index contributed by atoms with van der Waals surface area (Å²) in [4.78, 5) is 6.85. The van der Waals surface area contributed by atoms with Gasteiger partial charge in [-0.15, -0.1) is 0 Å². The first kappa shape index (κ1) is 22.2. The van der Waals surface area contributed by atoms with E-state index in [1.165, 1.54) is 0 Å². The van der Waals surface area contributed by atoms with Crippen LogP contribution in [0.15, 0.2) is 42.7 Å². The first-order chi connectivity index (χ1) is 16.3. The molecule has 9 heteroatoms. The zero-order valence-electron chi connectivity index (χ0n) is 19.4. The summed E-state index contributed by atoms with van der Waals surface area (Å²) in [7, 11) is 0. The van der Waals surface area contributed by atoms with Crippen molar-refractivity contribution in [2.75, 3.05) is 36.9 Å². The first-order valence-electron chi connectivity index (χ1n) is 11.3. The predicted octanol–water partition coefficient (Wildman–Crippen LogP) is 2.75. The van der Waals surface area contributed by atoms with Crippen molar-refractivity contribution in [3.63, 3.8) is 0 Å². The molecule has 1 aromatic carbocycles.